The van der Waals surface area contributed by atoms with E-state index in [-0.39, 0.29) is 0 Å². The number of hydrogen-bond donors (Lipinski definition) is 0. The van der Waals surface area contributed by atoms with Gasteiger partial charge in [0.05, 0.1) is 13.2 Å². The number of rotatable bonds is 8. The van der Waals surface area contributed by atoms with Crippen molar-refractivity contribution < 1.29 is 9.47 Å². The third-order valence-corrected chi connectivity index (χ3v) is 7.19. The Labute approximate surface area is 216 Å². The van der Waals surface area contributed by atoms with E-state index in [9.17, 15) is 0 Å². The second-order valence-corrected chi connectivity index (χ2v) is 10.2. The Balaban J connectivity index is 1.71. The molecule has 0 aliphatic heterocycles. The molecule has 2 nitrogen and oxygen atoms in total. The zero-order valence-electron chi connectivity index (χ0n) is 18.5. The summed E-state index contributed by atoms with van der Waals surface area (Å²) in [7, 11) is 0. The molecule has 0 unspecified atom stereocenters. The van der Waals surface area contributed by atoms with Gasteiger partial charge in [-0.1, -0.05) is 67.9 Å². The predicted octanol–water partition coefficient (Wildman–Crippen LogP) is 9.49. The zero-order valence-corrected chi connectivity index (χ0v) is 22.5. The number of ether oxygens (including phenoxy) is 2. The lowest BCUT2D eigenvalue weighted by Crippen LogP contribution is -1.91. The van der Waals surface area contributed by atoms with Crippen LogP contribution in [0.3, 0.4) is 0 Å². The molecule has 0 aliphatic carbocycles. The molecule has 0 aromatic heterocycles. The maximum atomic E-state index is 5.62. The summed E-state index contributed by atoms with van der Waals surface area (Å²) >= 11 is 9.07. The Morgan fingerprint density at radius 1 is 0.576 bits per heavy atom. The van der Waals surface area contributed by atoms with Crippen LogP contribution in [-0.4, -0.2) is 13.2 Å². The van der Waals surface area contributed by atoms with E-state index in [1.807, 2.05) is 38.1 Å². The van der Waals surface area contributed by atoms with E-state index < -0.39 is 0 Å². The van der Waals surface area contributed by atoms with Gasteiger partial charge in [0.2, 0.25) is 0 Å². The van der Waals surface area contributed by atoms with E-state index in [1.165, 1.54) is 20.9 Å². The Morgan fingerprint density at radius 3 is 1.33 bits per heavy atom. The van der Waals surface area contributed by atoms with Gasteiger partial charge in [0.25, 0.3) is 0 Å². The SMILES string of the molecule is CCOc1ccc(-c2cc(Br)ccc2Sc2ccc(Br)cc2-c2ccc(OCC)cc2)cc1. The first kappa shape index (κ1) is 23.9. The van der Waals surface area contributed by atoms with Crippen LogP contribution in [0, 0.1) is 0 Å². The molecule has 0 fully saturated rings. The second-order valence-electron chi connectivity index (χ2n) is 7.30. The van der Waals surface area contributed by atoms with E-state index in [1.54, 1.807) is 11.8 Å². The number of hydrogen-bond acceptors (Lipinski definition) is 3. The molecule has 0 saturated carbocycles. The summed E-state index contributed by atoms with van der Waals surface area (Å²) in [4.78, 5) is 2.38. The molecule has 0 atom stereocenters. The lowest BCUT2D eigenvalue weighted by molar-refractivity contribution is 0.340. The van der Waals surface area contributed by atoms with Crippen molar-refractivity contribution in [3.63, 3.8) is 0 Å². The summed E-state index contributed by atoms with van der Waals surface area (Å²) in [6.07, 6.45) is 0. The Hall–Kier alpha value is -2.21. The van der Waals surface area contributed by atoms with Crippen LogP contribution >= 0.6 is 43.6 Å². The molecule has 5 heteroatoms. The molecular formula is C28H24Br2O2S. The second kappa shape index (κ2) is 11.3. The standard InChI is InChI=1S/C28H24Br2O2S/c1-3-31-23-11-5-19(6-12-23)25-17-21(29)9-15-27(25)33-28-16-10-22(30)18-26(28)20-7-13-24(14-8-20)32-4-2/h5-18H,3-4H2,1-2H3. The number of benzene rings is 4. The van der Waals surface area contributed by atoms with Crippen LogP contribution in [0.2, 0.25) is 0 Å². The van der Waals surface area contributed by atoms with Crippen molar-refractivity contribution >= 4 is 43.6 Å². The number of halogens is 2. The fourth-order valence-corrected chi connectivity index (χ4v) is 5.35. The zero-order chi connectivity index (χ0) is 23.2. The largest absolute Gasteiger partial charge is 0.494 e. The summed E-state index contributed by atoms with van der Waals surface area (Å²) in [6, 6.07) is 29.5. The predicted molar refractivity (Wildman–Crippen MR) is 146 cm³/mol. The molecular weight excluding hydrogens is 560 g/mol. The summed E-state index contributed by atoms with van der Waals surface area (Å²) < 4.78 is 13.3. The van der Waals surface area contributed by atoms with Crippen LogP contribution in [0.25, 0.3) is 22.3 Å². The molecule has 0 radical (unpaired) electrons. The molecule has 4 aromatic rings. The van der Waals surface area contributed by atoms with Gasteiger partial charge in [-0.25, -0.2) is 0 Å². The van der Waals surface area contributed by atoms with Gasteiger partial charge in [-0.3, -0.25) is 0 Å². The summed E-state index contributed by atoms with van der Waals surface area (Å²) in [6.45, 7) is 5.32. The van der Waals surface area contributed by atoms with Crippen LogP contribution in [0.5, 0.6) is 11.5 Å². The summed E-state index contributed by atoms with van der Waals surface area (Å²) in [5.41, 5.74) is 4.67. The molecule has 0 amide bonds. The van der Waals surface area contributed by atoms with Crippen molar-refractivity contribution in [1.29, 1.82) is 0 Å². The highest BCUT2D eigenvalue weighted by Gasteiger charge is 2.13. The Kier molecular flexibility index (Phi) is 8.18. The van der Waals surface area contributed by atoms with Gasteiger partial charge < -0.3 is 9.47 Å². The van der Waals surface area contributed by atoms with E-state index in [2.05, 4.69) is 92.5 Å². The van der Waals surface area contributed by atoms with Gasteiger partial charge in [0, 0.05) is 18.7 Å². The van der Waals surface area contributed by atoms with Crippen molar-refractivity contribution in [1.82, 2.24) is 0 Å². The average molecular weight is 584 g/mol. The fraction of sp³-hybridized carbons (Fsp3) is 0.143. The highest BCUT2D eigenvalue weighted by Crippen LogP contribution is 2.42. The fourth-order valence-electron chi connectivity index (χ4n) is 3.55. The smallest absolute Gasteiger partial charge is 0.119 e. The maximum absolute atomic E-state index is 5.62. The van der Waals surface area contributed by atoms with Crippen LogP contribution in [-0.2, 0) is 0 Å². The Morgan fingerprint density at radius 2 is 0.970 bits per heavy atom. The Bertz CT molecular complexity index is 1120. The van der Waals surface area contributed by atoms with Crippen LogP contribution in [0.15, 0.2) is 104 Å². The van der Waals surface area contributed by atoms with Gasteiger partial charge >= 0.3 is 0 Å². The molecule has 0 heterocycles. The quantitative estimate of drug-likeness (QED) is 0.206. The summed E-state index contributed by atoms with van der Waals surface area (Å²) in [5, 5.41) is 0. The molecule has 0 aliphatic rings. The molecule has 0 spiro atoms. The van der Waals surface area contributed by atoms with Gasteiger partial charge in [-0.05, 0) is 96.8 Å². The van der Waals surface area contributed by atoms with Gasteiger partial charge in [0.15, 0.2) is 0 Å². The highest BCUT2D eigenvalue weighted by atomic mass is 79.9. The first-order chi connectivity index (χ1) is 16.1. The van der Waals surface area contributed by atoms with Gasteiger partial charge in [0.1, 0.15) is 11.5 Å². The summed E-state index contributed by atoms with van der Waals surface area (Å²) in [5.74, 6) is 1.77. The van der Waals surface area contributed by atoms with E-state index in [0.29, 0.717) is 13.2 Å². The van der Waals surface area contributed by atoms with Crippen LogP contribution in [0.1, 0.15) is 13.8 Å². The topological polar surface area (TPSA) is 18.5 Å². The minimum absolute atomic E-state index is 0.662. The maximum Gasteiger partial charge on any atom is 0.119 e. The van der Waals surface area contributed by atoms with Crippen molar-refractivity contribution in [2.75, 3.05) is 13.2 Å². The van der Waals surface area contributed by atoms with Gasteiger partial charge in [-0.15, -0.1) is 0 Å². The van der Waals surface area contributed by atoms with Crippen LogP contribution < -0.4 is 9.47 Å². The molecule has 168 valence electrons. The van der Waals surface area contributed by atoms with E-state index in [4.69, 9.17) is 9.47 Å². The molecule has 0 saturated heterocycles. The molecule has 4 aromatic carbocycles. The average Bonchev–Trinajstić information content (AvgIpc) is 2.83. The first-order valence-corrected chi connectivity index (χ1v) is 13.2. The minimum Gasteiger partial charge on any atom is -0.494 e. The monoisotopic (exact) mass is 582 g/mol. The van der Waals surface area contributed by atoms with E-state index in [0.717, 1.165) is 31.6 Å². The molecule has 0 N–H and O–H groups in total. The lowest BCUT2D eigenvalue weighted by atomic mass is 10.1. The normalized spacial score (nSPS) is 10.8. The molecule has 4 rings (SSSR count). The third kappa shape index (κ3) is 6.03. The first-order valence-electron chi connectivity index (χ1n) is 10.8. The van der Waals surface area contributed by atoms with Crippen LogP contribution in [0.4, 0.5) is 0 Å². The van der Waals surface area contributed by atoms with Crippen molar-refractivity contribution in [2.45, 2.75) is 23.6 Å². The third-order valence-electron chi connectivity index (χ3n) is 5.06. The highest BCUT2D eigenvalue weighted by molar-refractivity contribution is 9.10. The lowest BCUT2D eigenvalue weighted by Gasteiger charge is -2.15. The van der Waals surface area contributed by atoms with Crippen molar-refractivity contribution in [3.8, 4) is 33.8 Å². The van der Waals surface area contributed by atoms with Gasteiger partial charge in [-0.2, -0.15) is 0 Å². The van der Waals surface area contributed by atoms with Crippen molar-refractivity contribution in [2.24, 2.45) is 0 Å². The minimum atomic E-state index is 0.662. The molecule has 0 bridgehead atoms. The van der Waals surface area contributed by atoms with E-state index >= 15 is 0 Å². The molecule has 33 heavy (non-hydrogen) atoms. The van der Waals surface area contributed by atoms with Crippen molar-refractivity contribution in [3.05, 3.63) is 93.9 Å².